The second kappa shape index (κ2) is 6.01. The summed E-state index contributed by atoms with van der Waals surface area (Å²) >= 11 is 17.9. The van der Waals surface area contributed by atoms with Crippen LogP contribution in [-0.4, -0.2) is 20.8 Å². The fraction of sp³-hybridized carbons (Fsp3) is 0.167. The van der Waals surface area contributed by atoms with E-state index in [0.717, 1.165) is 0 Å². The van der Waals surface area contributed by atoms with E-state index in [-0.39, 0.29) is 22.5 Å². The third-order valence-electron chi connectivity index (χ3n) is 2.71. The van der Waals surface area contributed by atoms with Crippen molar-refractivity contribution in [1.82, 2.24) is 9.78 Å². The van der Waals surface area contributed by atoms with Crippen LogP contribution < -0.4 is 10.5 Å². The number of halogens is 3. The van der Waals surface area contributed by atoms with Gasteiger partial charge in [0.2, 0.25) is 5.88 Å². The number of aromatic nitrogens is 2. The lowest BCUT2D eigenvalue weighted by atomic mass is 10.2. The van der Waals surface area contributed by atoms with E-state index < -0.39 is 0 Å². The van der Waals surface area contributed by atoms with Crippen molar-refractivity contribution in [3.8, 4) is 11.6 Å². The summed E-state index contributed by atoms with van der Waals surface area (Å²) in [6.07, 6.45) is 0. The van der Waals surface area contributed by atoms with Crippen LogP contribution in [0.15, 0.2) is 17.3 Å². The van der Waals surface area contributed by atoms with Gasteiger partial charge in [0, 0.05) is 13.1 Å². The molecule has 2 rings (SSSR count). The van der Waals surface area contributed by atoms with E-state index in [1.165, 1.54) is 16.8 Å². The van der Waals surface area contributed by atoms with E-state index in [2.05, 4.69) is 10.3 Å². The van der Waals surface area contributed by atoms with Crippen molar-refractivity contribution < 1.29 is 9.94 Å². The van der Waals surface area contributed by atoms with Gasteiger partial charge in [-0.1, -0.05) is 40.0 Å². The largest absolute Gasteiger partial charge is 0.437 e. The van der Waals surface area contributed by atoms with Crippen LogP contribution in [0.4, 0.5) is 0 Å². The Labute approximate surface area is 135 Å². The van der Waals surface area contributed by atoms with Gasteiger partial charge >= 0.3 is 0 Å². The van der Waals surface area contributed by atoms with Gasteiger partial charge in [0.15, 0.2) is 5.84 Å². The Bertz CT molecular complexity index is 728. The lowest BCUT2D eigenvalue weighted by molar-refractivity contribution is 0.318. The number of rotatable bonds is 3. The summed E-state index contributed by atoms with van der Waals surface area (Å²) in [6, 6.07) is 2.94. The quantitative estimate of drug-likeness (QED) is 0.291. The third-order valence-corrected chi connectivity index (χ3v) is 3.73. The molecule has 1 aromatic carbocycles. The van der Waals surface area contributed by atoms with Crippen molar-refractivity contribution in [1.29, 1.82) is 0 Å². The summed E-state index contributed by atoms with van der Waals surface area (Å²) in [5.41, 5.74) is 6.55. The number of hydrogen-bond donors (Lipinski definition) is 2. The molecular weight excluding hydrogens is 339 g/mol. The second-order valence-electron chi connectivity index (χ2n) is 4.17. The molecule has 2 aromatic rings. The molecule has 112 valence electrons. The number of nitrogens with zero attached hydrogens (tertiary/aromatic N) is 3. The minimum Gasteiger partial charge on any atom is -0.437 e. The highest BCUT2D eigenvalue weighted by Crippen LogP contribution is 2.37. The first-order valence-electron chi connectivity index (χ1n) is 5.69. The molecule has 0 radical (unpaired) electrons. The minimum atomic E-state index is -0.119. The monoisotopic (exact) mass is 348 g/mol. The van der Waals surface area contributed by atoms with Gasteiger partial charge in [-0.25, -0.2) is 4.68 Å². The third kappa shape index (κ3) is 3.02. The molecule has 1 heterocycles. The molecule has 3 N–H and O–H groups in total. The van der Waals surface area contributed by atoms with E-state index in [4.69, 9.17) is 50.5 Å². The van der Waals surface area contributed by atoms with Gasteiger partial charge in [0.25, 0.3) is 0 Å². The molecule has 0 bridgehead atoms. The first kappa shape index (κ1) is 15.8. The van der Waals surface area contributed by atoms with Gasteiger partial charge in [-0.3, -0.25) is 0 Å². The Morgan fingerprint density at radius 2 is 1.90 bits per heavy atom. The summed E-state index contributed by atoms with van der Waals surface area (Å²) in [7, 11) is 1.65. The van der Waals surface area contributed by atoms with Crippen molar-refractivity contribution in [3.63, 3.8) is 0 Å². The highest BCUT2D eigenvalue weighted by atomic mass is 35.5. The van der Waals surface area contributed by atoms with Crippen LogP contribution >= 0.6 is 34.8 Å². The molecule has 9 heteroatoms. The SMILES string of the molecule is Cc1nn(C)c(Oc2cc(Cl)c(Cl)cc2Cl)c1C(N)=NO. The van der Waals surface area contributed by atoms with Crippen molar-refractivity contribution in [2.24, 2.45) is 17.9 Å². The van der Waals surface area contributed by atoms with Crippen LogP contribution in [0, 0.1) is 6.92 Å². The molecule has 0 saturated carbocycles. The Morgan fingerprint density at radius 1 is 1.29 bits per heavy atom. The lowest BCUT2D eigenvalue weighted by Crippen LogP contribution is -2.15. The number of aryl methyl sites for hydroxylation is 2. The number of oxime groups is 1. The normalized spacial score (nSPS) is 11.8. The molecule has 21 heavy (non-hydrogen) atoms. The minimum absolute atomic E-state index is 0.119. The van der Waals surface area contributed by atoms with E-state index in [1.54, 1.807) is 14.0 Å². The smallest absolute Gasteiger partial charge is 0.229 e. The topological polar surface area (TPSA) is 85.7 Å². The molecule has 1 aromatic heterocycles. The van der Waals surface area contributed by atoms with Crippen molar-refractivity contribution in [2.75, 3.05) is 0 Å². The Balaban J connectivity index is 2.52. The molecule has 0 aliphatic heterocycles. The summed E-state index contributed by atoms with van der Waals surface area (Å²) in [4.78, 5) is 0. The van der Waals surface area contributed by atoms with Crippen LogP contribution in [0.5, 0.6) is 11.6 Å². The molecule has 0 atom stereocenters. The molecule has 0 spiro atoms. The summed E-state index contributed by atoms with van der Waals surface area (Å²) in [5.74, 6) is 0.427. The van der Waals surface area contributed by atoms with Crippen molar-refractivity contribution in [3.05, 3.63) is 38.5 Å². The summed E-state index contributed by atoms with van der Waals surface area (Å²) < 4.78 is 7.15. The second-order valence-corrected chi connectivity index (χ2v) is 5.39. The lowest BCUT2D eigenvalue weighted by Gasteiger charge is -2.10. The predicted octanol–water partition coefficient (Wildman–Crippen LogP) is 3.58. The molecule has 0 unspecified atom stereocenters. The molecule has 6 nitrogen and oxygen atoms in total. The maximum atomic E-state index is 8.85. The van der Waals surface area contributed by atoms with E-state index in [9.17, 15) is 0 Å². The number of hydrogen-bond acceptors (Lipinski definition) is 4. The zero-order valence-electron chi connectivity index (χ0n) is 11.1. The summed E-state index contributed by atoms with van der Waals surface area (Å²) in [5, 5.41) is 16.9. The van der Waals surface area contributed by atoms with Crippen molar-refractivity contribution in [2.45, 2.75) is 6.92 Å². The zero-order chi connectivity index (χ0) is 15.7. The predicted molar refractivity (Wildman–Crippen MR) is 82.0 cm³/mol. The Kier molecular flexibility index (Phi) is 4.51. The van der Waals surface area contributed by atoms with Gasteiger partial charge in [0.1, 0.15) is 11.3 Å². The van der Waals surface area contributed by atoms with Crippen LogP contribution in [0.2, 0.25) is 15.1 Å². The number of benzene rings is 1. The zero-order valence-corrected chi connectivity index (χ0v) is 13.3. The maximum absolute atomic E-state index is 8.85. The Hall–Kier alpha value is -1.63. The number of amidine groups is 1. The van der Waals surface area contributed by atoms with Gasteiger partial charge in [-0.15, -0.1) is 0 Å². The van der Waals surface area contributed by atoms with Gasteiger partial charge in [-0.05, 0) is 13.0 Å². The molecular formula is C12H11Cl3N4O2. The molecule has 0 aliphatic carbocycles. The van der Waals surface area contributed by atoms with E-state index >= 15 is 0 Å². The summed E-state index contributed by atoms with van der Waals surface area (Å²) in [6.45, 7) is 1.71. The van der Waals surface area contributed by atoms with Crippen LogP contribution in [-0.2, 0) is 7.05 Å². The van der Waals surface area contributed by atoms with E-state index in [0.29, 0.717) is 21.3 Å². The van der Waals surface area contributed by atoms with Crippen LogP contribution in [0.1, 0.15) is 11.3 Å². The van der Waals surface area contributed by atoms with Gasteiger partial charge < -0.3 is 15.7 Å². The highest BCUT2D eigenvalue weighted by Gasteiger charge is 2.20. The van der Waals surface area contributed by atoms with Crippen LogP contribution in [0.25, 0.3) is 0 Å². The van der Waals surface area contributed by atoms with Gasteiger partial charge in [-0.2, -0.15) is 5.10 Å². The molecule has 0 saturated heterocycles. The standard InChI is InChI=1S/C12H11Cl3N4O2/c1-5-10(11(16)18-20)12(19(2)17-5)21-9-4-7(14)6(13)3-8(9)15/h3-4,20H,1-2H3,(H2,16,18). The fourth-order valence-electron chi connectivity index (χ4n) is 1.79. The van der Waals surface area contributed by atoms with E-state index in [1.807, 2.05) is 0 Å². The average molecular weight is 350 g/mol. The number of ether oxygens (including phenoxy) is 1. The molecule has 0 aliphatic rings. The highest BCUT2D eigenvalue weighted by molar-refractivity contribution is 6.43. The van der Waals surface area contributed by atoms with Crippen LogP contribution in [0.3, 0.4) is 0 Å². The maximum Gasteiger partial charge on any atom is 0.229 e. The average Bonchev–Trinajstić information content (AvgIpc) is 2.69. The molecule has 0 fully saturated rings. The number of nitrogens with two attached hydrogens (primary N) is 1. The first-order chi connectivity index (χ1) is 9.85. The first-order valence-corrected chi connectivity index (χ1v) is 6.82. The molecule has 0 amide bonds. The fourth-order valence-corrected chi connectivity index (χ4v) is 2.36. The Morgan fingerprint density at radius 3 is 2.52 bits per heavy atom. The van der Waals surface area contributed by atoms with Gasteiger partial charge in [0.05, 0.1) is 20.8 Å². The van der Waals surface area contributed by atoms with Crippen molar-refractivity contribution >= 4 is 40.6 Å².